The lowest BCUT2D eigenvalue weighted by atomic mass is 10.1. The summed E-state index contributed by atoms with van der Waals surface area (Å²) in [5, 5.41) is 7.18. The van der Waals surface area contributed by atoms with Gasteiger partial charge in [-0.1, -0.05) is 25.5 Å². The smallest absolute Gasteiger partial charge is 0.267 e. The molecule has 7 nitrogen and oxygen atoms in total. The number of carbonyl (C=O) groups excluding carboxylic acids is 1. The lowest BCUT2D eigenvalue weighted by molar-refractivity contribution is -0.117. The molecule has 0 saturated carbocycles. The molecule has 1 N–H and O–H groups in total. The van der Waals surface area contributed by atoms with Crippen LogP contribution in [0.1, 0.15) is 25.3 Å². The number of anilines is 1. The van der Waals surface area contributed by atoms with Crippen LogP contribution in [0, 0.1) is 0 Å². The van der Waals surface area contributed by atoms with E-state index in [2.05, 4.69) is 17.3 Å². The van der Waals surface area contributed by atoms with Gasteiger partial charge in [-0.25, -0.2) is 4.68 Å². The molecule has 1 heterocycles. The number of rotatable bonds is 9. The van der Waals surface area contributed by atoms with Crippen LogP contribution in [-0.4, -0.2) is 29.9 Å². The van der Waals surface area contributed by atoms with E-state index in [4.69, 9.17) is 9.47 Å². The minimum absolute atomic E-state index is 0.198. The Labute approximate surface area is 181 Å². The van der Waals surface area contributed by atoms with Gasteiger partial charge in [0.15, 0.2) is 0 Å². The van der Waals surface area contributed by atoms with Crippen LogP contribution in [0.5, 0.6) is 11.5 Å². The number of nitrogens with one attached hydrogen (secondary N) is 1. The van der Waals surface area contributed by atoms with Crippen molar-refractivity contribution in [2.45, 2.75) is 32.7 Å². The molecule has 2 aromatic carbocycles. The van der Waals surface area contributed by atoms with E-state index in [0.29, 0.717) is 28.4 Å². The van der Waals surface area contributed by atoms with E-state index in [-0.39, 0.29) is 18.0 Å². The number of benzene rings is 2. The van der Waals surface area contributed by atoms with E-state index in [1.165, 1.54) is 11.6 Å². The van der Waals surface area contributed by atoms with Gasteiger partial charge >= 0.3 is 0 Å². The number of ether oxygens (including phenoxy) is 2. The molecule has 162 valence electrons. The molecule has 0 aliphatic carbocycles. The fourth-order valence-corrected chi connectivity index (χ4v) is 3.19. The molecule has 0 bridgehead atoms. The molecule has 0 unspecified atom stereocenters. The number of aryl methyl sites for hydroxylation is 1. The Morgan fingerprint density at radius 1 is 1.03 bits per heavy atom. The molecule has 0 aliphatic heterocycles. The zero-order valence-electron chi connectivity index (χ0n) is 18.1. The number of carbonyl (C=O) groups is 1. The predicted molar refractivity (Wildman–Crippen MR) is 121 cm³/mol. The summed E-state index contributed by atoms with van der Waals surface area (Å²) in [5.41, 5.74) is 2.72. The maximum absolute atomic E-state index is 12.5. The molecule has 0 atom stereocenters. The Morgan fingerprint density at radius 2 is 1.81 bits per heavy atom. The number of hydrogen-bond acceptors (Lipinski definition) is 5. The third-order valence-electron chi connectivity index (χ3n) is 4.90. The highest BCUT2D eigenvalue weighted by Gasteiger charge is 2.13. The molecule has 7 heteroatoms. The van der Waals surface area contributed by atoms with Gasteiger partial charge in [-0.2, -0.15) is 5.10 Å². The number of amides is 1. The van der Waals surface area contributed by atoms with Crippen LogP contribution in [-0.2, 0) is 17.8 Å². The summed E-state index contributed by atoms with van der Waals surface area (Å²) in [6.07, 6.45) is 3.29. The first-order valence-corrected chi connectivity index (χ1v) is 10.2. The Hall–Kier alpha value is -3.61. The lowest BCUT2D eigenvalue weighted by Crippen LogP contribution is -2.29. The number of methoxy groups -OCH3 is 2. The van der Waals surface area contributed by atoms with Crippen molar-refractivity contribution in [3.63, 3.8) is 0 Å². The molecule has 0 aliphatic rings. The Bertz CT molecular complexity index is 1090. The van der Waals surface area contributed by atoms with Crippen LogP contribution in [0.3, 0.4) is 0 Å². The minimum Gasteiger partial charge on any atom is -0.497 e. The third-order valence-corrected chi connectivity index (χ3v) is 4.90. The van der Waals surface area contributed by atoms with Crippen LogP contribution in [0.2, 0.25) is 0 Å². The standard InChI is InChI=1S/C24H27N3O4/c1-4-5-6-17-7-9-18(10-8-17)25-23(28)16-27-24(29)14-12-21(26-27)20-15-19(30-2)11-13-22(20)31-3/h7-15H,4-6,16H2,1-3H3,(H,25,28). The van der Waals surface area contributed by atoms with Gasteiger partial charge in [0, 0.05) is 17.3 Å². The zero-order valence-corrected chi connectivity index (χ0v) is 18.1. The molecule has 31 heavy (non-hydrogen) atoms. The van der Waals surface area contributed by atoms with Crippen molar-refractivity contribution in [1.82, 2.24) is 9.78 Å². The van der Waals surface area contributed by atoms with E-state index >= 15 is 0 Å². The third kappa shape index (κ3) is 5.72. The second-order valence-corrected chi connectivity index (χ2v) is 7.13. The van der Waals surface area contributed by atoms with Gasteiger partial charge in [-0.05, 0) is 54.8 Å². The topological polar surface area (TPSA) is 82.5 Å². The Kier molecular flexibility index (Phi) is 7.43. The quantitative estimate of drug-likeness (QED) is 0.566. The maximum Gasteiger partial charge on any atom is 0.267 e. The van der Waals surface area contributed by atoms with Crippen molar-refractivity contribution in [2.24, 2.45) is 0 Å². The number of aromatic nitrogens is 2. The first-order valence-electron chi connectivity index (χ1n) is 10.2. The van der Waals surface area contributed by atoms with Crippen molar-refractivity contribution in [2.75, 3.05) is 19.5 Å². The Balaban J connectivity index is 1.77. The average Bonchev–Trinajstić information content (AvgIpc) is 2.79. The summed E-state index contributed by atoms with van der Waals surface area (Å²) in [6, 6.07) is 16.1. The van der Waals surface area contributed by atoms with Gasteiger partial charge in [-0.3, -0.25) is 9.59 Å². The van der Waals surface area contributed by atoms with Crippen molar-refractivity contribution >= 4 is 11.6 Å². The Morgan fingerprint density at radius 3 is 2.48 bits per heavy atom. The van der Waals surface area contributed by atoms with Crippen molar-refractivity contribution in [3.05, 3.63) is 70.5 Å². The number of nitrogens with zero attached hydrogens (tertiary/aromatic N) is 2. The summed E-state index contributed by atoms with van der Waals surface area (Å²) in [5.74, 6) is 0.896. The fourth-order valence-electron chi connectivity index (χ4n) is 3.19. The fraction of sp³-hybridized carbons (Fsp3) is 0.292. The van der Waals surface area contributed by atoms with Gasteiger partial charge in [0.2, 0.25) is 5.91 Å². The van der Waals surface area contributed by atoms with Gasteiger partial charge in [-0.15, -0.1) is 0 Å². The second kappa shape index (κ2) is 10.4. The van der Waals surface area contributed by atoms with Crippen LogP contribution in [0.4, 0.5) is 5.69 Å². The molecule has 0 spiro atoms. The highest BCUT2D eigenvalue weighted by Crippen LogP contribution is 2.31. The van der Waals surface area contributed by atoms with E-state index in [9.17, 15) is 9.59 Å². The molecular formula is C24H27N3O4. The molecule has 0 saturated heterocycles. The van der Waals surface area contributed by atoms with Gasteiger partial charge in [0.05, 0.1) is 19.9 Å². The molecule has 1 amide bonds. The maximum atomic E-state index is 12.5. The molecule has 0 fully saturated rings. The largest absolute Gasteiger partial charge is 0.497 e. The van der Waals surface area contributed by atoms with E-state index in [0.717, 1.165) is 23.9 Å². The van der Waals surface area contributed by atoms with E-state index in [1.54, 1.807) is 38.5 Å². The monoisotopic (exact) mass is 421 g/mol. The highest BCUT2D eigenvalue weighted by molar-refractivity contribution is 5.90. The highest BCUT2D eigenvalue weighted by atomic mass is 16.5. The number of unbranched alkanes of at least 4 members (excludes halogenated alkanes) is 1. The molecule has 1 aromatic heterocycles. The van der Waals surface area contributed by atoms with Crippen LogP contribution in [0.15, 0.2) is 59.4 Å². The van der Waals surface area contributed by atoms with Crippen molar-refractivity contribution < 1.29 is 14.3 Å². The first kappa shape index (κ1) is 22.1. The van der Waals surface area contributed by atoms with Gasteiger partial charge in [0.25, 0.3) is 5.56 Å². The normalized spacial score (nSPS) is 10.5. The summed E-state index contributed by atoms with van der Waals surface area (Å²) < 4.78 is 11.8. The summed E-state index contributed by atoms with van der Waals surface area (Å²) in [4.78, 5) is 24.8. The SMILES string of the molecule is CCCCc1ccc(NC(=O)Cn2nc(-c3cc(OC)ccc3OC)ccc2=O)cc1. The zero-order chi connectivity index (χ0) is 22.2. The molecule has 0 radical (unpaired) electrons. The summed E-state index contributed by atoms with van der Waals surface area (Å²) >= 11 is 0. The summed E-state index contributed by atoms with van der Waals surface area (Å²) in [7, 11) is 3.13. The van der Waals surface area contributed by atoms with Crippen molar-refractivity contribution in [3.8, 4) is 22.8 Å². The van der Waals surface area contributed by atoms with E-state index in [1.807, 2.05) is 24.3 Å². The first-order chi connectivity index (χ1) is 15.0. The van der Waals surface area contributed by atoms with Crippen LogP contribution < -0.4 is 20.3 Å². The second-order valence-electron chi connectivity index (χ2n) is 7.13. The molecular weight excluding hydrogens is 394 g/mol. The predicted octanol–water partition coefficient (Wildman–Crippen LogP) is 3.91. The van der Waals surface area contributed by atoms with Gasteiger partial charge < -0.3 is 14.8 Å². The average molecular weight is 421 g/mol. The molecule has 3 aromatic rings. The molecule has 3 rings (SSSR count). The lowest BCUT2D eigenvalue weighted by Gasteiger charge is -2.12. The number of hydrogen-bond donors (Lipinski definition) is 1. The van der Waals surface area contributed by atoms with Crippen LogP contribution >= 0.6 is 0 Å². The van der Waals surface area contributed by atoms with E-state index < -0.39 is 0 Å². The van der Waals surface area contributed by atoms with Crippen LogP contribution in [0.25, 0.3) is 11.3 Å². The van der Waals surface area contributed by atoms with Crippen molar-refractivity contribution in [1.29, 1.82) is 0 Å². The van der Waals surface area contributed by atoms with Gasteiger partial charge in [0.1, 0.15) is 18.0 Å². The summed E-state index contributed by atoms with van der Waals surface area (Å²) in [6.45, 7) is 1.96. The minimum atomic E-state index is -0.365.